The molecular weight excluding hydrogens is 264 g/mol. The van der Waals surface area contributed by atoms with E-state index in [0.29, 0.717) is 4.83 Å². The molecule has 1 unspecified atom stereocenters. The van der Waals surface area contributed by atoms with Gasteiger partial charge in [-0.1, -0.05) is 34.1 Å². The van der Waals surface area contributed by atoms with Gasteiger partial charge in [-0.2, -0.15) is 0 Å². The Labute approximate surface area is 104 Å². The van der Waals surface area contributed by atoms with Crippen LogP contribution in [0.3, 0.4) is 0 Å². The highest BCUT2D eigenvalue weighted by Crippen LogP contribution is 2.29. The first-order valence-electron chi connectivity index (χ1n) is 5.37. The van der Waals surface area contributed by atoms with Gasteiger partial charge in [0.05, 0.1) is 0 Å². The Bertz CT molecular complexity index is 463. The fourth-order valence-electron chi connectivity index (χ4n) is 1.80. The highest BCUT2D eigenvalue weighted by atomic mass is 79.9. The number of hydrogen-bond donors (Lipinski definition) is 1. The largest absolute Gasteiger partial charge is 0.349 e. The number of aromatic nitrogens is 2. The molecule has 2 aromatic rings. The van der Waals surface area contributed by atoms with Crippen molar-refractivity contribution in [2.24, 2.45) is 0 Å². The van der Waals surface area contributed by atoms with E-state index in [1.165, 1.54) is 16.7 Å². The molecule has 84 valence electrons. The second-order valence-electron chi connectivity index (χ2n) is 4.00. The van der Waals surface area contributed by atoms with Crippen molar-refractivity contribution in [2.75, 3.05) is 0 Å². The predicted octanol–water partition coefficient (Wildman–Crippen LogP) is 3.71. The van der Waals surface area contributed by atoms with Crippen molar-refractivity contribution in [1.29, 1.82) is 0 Å². The topological polar surface area (TPSA) is 28.7 Å². The van der Waals surface area contributed by atoms with Gasteiger partial charge in [-0.3, -0.25) is 0 Å². The van der Waals surface area contributed by atoms with Crippen LogP contribution < -0.4 is 0 Å². The van der Waals surface area contributed by atoms with Crippen LogP contribution in [0.25, 0.3) is 0 Å². The van der Waals surface area contributed by atoms with Crippen LogP contribution in [0.15, 0.2) is 30.6 Å². The van der Waals surface area contributed by atoms with Crippen LogP contribution in [0.1, 0.15) is 27.3 Å². The zero-order valence-corrected chi connectivity index (χ0v) is 11.1. The van der Waals surface area contributed by atoms with Crippen molar-refractivity contribution in [1.82, 2.24) is 9.97 Å². The van der Waals surface area contributed by atoms with E-state index in [-0.39, 0.29) is 0 Å². The molecule has 0 aliphatic heterocycles. The summed E-state index contributed by atoms with van der Waals surface area (Å²) in [5.74, 6) is 1.02. The molecule has 0 aliphatic rings. The number of nitrogens with one attached hydrogen (secondary N) is 1. The summed E-state index contributed by atoms with van der Waals surface area (Å²) in [6.07, 6.45) is 4.54. The molecule has 0 aliphatic carbocycles. The fraction of sp³-hybridized carbons (Fsp3) is 0.308. The lowest BCUT2D eigenvalue weighted by molar-refractivity contribution is 0.868. The Morgan fingerprint density at radius 3 is 2.88 bits per heavy atom. The zero-order chi connectivity index (χ0) is 11.5. The average Bonchev–Trinajstić information content (AvgIpc) is 2.74. The number of aryl methyl sites for hydroxylation is 1. The second kappa shape index (κ2) is 4.83. The normalized spacial score (nSPS) is 12.7. The van der Waals surface area contributed by atoms with Gasteiger partial charge in [-0.25, -0.2) is 4.98 Å². The summed E-state index contributed by atoms with van der Waals surface area (Å²) in [5.41, 5.74) is 4.04. The molecule has 3 heteroatoms. The first kappa shape index (κ1) is 11.4. The third kappa shape index (κ3) is 2.35. The van der Waals surface area contributed by atoms with E-state index in [2.05, 4.69) is 57.9 Å². The first-order chi connectivity index (χ1) is 7.68. The summed E-state index contributed by atoms with van der Waals surface area (Å²) in [6.45, 7) is 4.31. The Hall–Kier alpha value is -1.09. The summed E-state index contributed by atoms with van der Waals surface area (Å²) < 4.78 is 0. The molecule has 0 amide bonds. The van der Waals surface area contributed by atoms with Crippen molar-refractivity contribution < 1.29 is 0 Å². The van der Waals surface area contributed by atoms with Crippen LogP contribution in [0.2, 0.25) is 0 Å². The van der Waals surface area contributed by atoms with E-state index in [1.807, 2.05) is 6.20 Å². The second-order valence-corrected chi connectivity index (χ2v) is 5.10. The average molecular weight is 279 g/mol. The van der Waals surface area contributed by atoms with E-state index in [4.69, 9.17) is 0 Å². The number of alkyl halides is 1. The number of H-pyrrole nitrogens is 1. The molecule has 1 atom stereocenters. The highest BCUT2D eigenvalue weighted by molar-refractivity contribution is 9.09. The Morgan fingerprint density at radius 2 is 2.19 bits per heavy atom. The van der Waals surface area contributed by atoms with Crippen LogP contribution in [-0.2, 0) is 6.42 Å². The monoisotopic (exact) mass is 278 g/mol. The van der Waals surface area contributed by atoms with E-state index in [0.717, 1.165) is 12.2 Å². The Balaban J connectivity index is 2.21. The molecule has 1 aromatic heterocycles. The van der Waals surface area contributed by atoms with Gasteiger partial charge >= 0.3 is 0 Å². The van der Waals surface area contributed by atoms with Crippen molar-refractivity contribution in [3.05, 3.63) is 53.1 Å². The van der Waals surface area contributed by atoms with Gasteiger partial charge in [0.25, 0.3) is 0 Å². The summed E-state index contributed by atoms with van der Waals surface area (Å²) >= 11 is 3.73. The lowest BCUT2D eigenvalue weighted by Crippen LogP contribution is -2.00. The van der Waals surface area contributed by atoms with Gasteiger partial charge in [0.15, 0.2) is 0 Å². The van der Waals surface area contributed by atoms with Gasteiger partial charge in [0, 0.05) is 23.6 Å². The van der Waals surface area contributed by atoms with E-state index in [1.54, 1.807) is 6.20 Å². The quantitative estimate of drug-likeness (QED) is 0.852. The van der Waals surface area contributed by atoms with E-state index in [9.17, 15) is 0 Å². The van der Waals surface area contributed by atoms with Gasteiger partial charge in [0.1, 0.15) is 5.82 Å². The molecule has 2 rings (SSSR count). The number of hydrogen-bond acceptors (Lipinski definition) is 1. The van der Waals surface area contributed by atoms with Gasteiger partial charge in [-0.05, 0) is 30.5 Å². The van der Waals surface area contributed by atoms with Crippen LogP contribution in [0.5, 0.6) is 0 Å². The molecule has 16 heavy (non-hydrogen) atoms. The molecule has 1 aromatic carbocycles. The maximum atomic E-state index is 4.25. The van der Waals surface area contributed by atoms with Crippen molar-refractivity contribution in [2.45, 2.75) is 25.1 Å². The zero-order valence-electron chi connectivity index (χ0n) is 9.50. The molecule has 1 heterocycles. The Kier molecular flexibility index (Phi) is 3.44. The molecule has 0 saturated heterocycles. The molecular formula is C13H15BrN2. The maximum absolute atomic E-state index is 4.25. The lowest BCUT2D eigenvalue weighted by atomic mass is 9.99. The SMILES string of the molecule is Cc1cccc(C(Br)Cc2ncc[nH]2)c1C. The molecule has 0 spiro atoms. The Morgan fingerprint density at radius 1 is 1.38 bits per heavy atom. The smallest absolute Gasteiger partial charge is 0.107 e. The van der Waals surface area contributed by atoms with Crippen molar-refractivity contribution >= 4 is 15.9 Å². The third-order valence-corrected chi connectivity index (χ3v) is 3.73. The van der Waals surface area contributed by atoms with Crippen LogP contribution in [-0.4, -0.2) is 9.97 Å². The molecule has 0 fully saturated rings. The van der Waals surface area contributed by atoms with Gasteiger partial charge in [-0.15, -0.1) is 0 Å². The summed E-state index contributed by atoms with van der Waals surface area (Å²) in [4.78, 5) is 7.70. The van der Waals surface area contributed by atoms with Crippen molar-refractivity contribution in [3.63, 3.8) is 0 Å². The van der Waals surface area contributed by atoms with E-state index >= 15 is 0 Å². The first-order valence-corrected chi connectivity index (χ1v) is 6.28. The van der Waals surface area contributed by atoms with Crippen LogP contribution >= 0.6 is 15.9 Å². The lowest BCUT2D eigenvalue weighted by Gasteiger charge is -2.13. The third-order valence-electron chi connectivity index (χ3n) is 2.91. The van der Waals surface area contributed by atoms with Gasteiger partial charge in [0.2, 0.25) is 0 Å². The number of rotatable bonds is 3. The fourth-order valence-corrected chi connectivity index (χ4v) is 2.61. The molecule has 0 bridgehead atoms. The summed E-state index contributed by atoms with van der Waals surface area (Å²) in [7, 11) is 0. The van der Waals surface area contributed by atoms with E-state index < -0.39 is 0 Å². The van der Waals surface area contributed by atoms with Gasteiger partial charge < -0.3 is 4.98 Å². The molecule has 0 radical (unpaired) electrons. The summed E-state index contributed by atoms with van der Waals surface area (Å²) in [6, 6.07) is 6.42. The molecule has 0 saturated carbocycles. The van der Waals surface area contributed by atoms with Crippen LogP contribution in [0, 0.1) is 13.8 Å². The molecule has 1 N–H and O–H groups in total. The number of nitrogens with zero attached hydrogens (tertiary/aromatic N) is 1. The maximum Gasteiger partial charge on any atom is 0.107 e. The number of imidazole rings is 1. The minimum atomic E-state index is 0.318. The predicted molar refractivity (Wildman–Crippen MR) is 69.9 cm³/mol. The minimum Gasteiger partial charge on any atom is -0.349 e. The minimum absolute atomic E-state index is 0.318. The van der Waals surface area contributed by atoms with Crippen LogP contribution in [0.4, 0.5) is 0 Å². The highest BCUT2D eigenvalue weighted by Gasteiger charge is 2.12. The number of benzene rings is 1. The summed E-state index contributed by atoms with van der Waals surface area (Å²) in [5, 5.41) is 0. The van der Waals surface area contributed by atoms with Crippen molar-refractivity contribution in [3.8, 4) is 0 Å². The molecule has 2 nitrogen and oxygen atoms in total. The number of halogens is 1. The standard InChI is InChI=1S/C13H15BrN2/c1-9-4-3-5-11(10(9)2)12(14)8-13-15-6-7-16-13/h3-7,12H,8H2,1-2H3,(H,15,16). The number of aromatic amines is 1.